The summed E-state index contributed by atoms with van der Waals surface area (Å²) < 4.78 is 0. The number of nitrogens with two attached hydrogens (primary N) is 1. The molecule has 0 aromatic carbocycles. The van der Waals surface area contributed by atoms with Gasteiger partial charge in [-0.3, -0.25) is 4.90 Å². The second kappa shape index (κ2) is 7.41. The second-order valence-electron chi connectivity index (χ2n) is 6.12. The van der Waals surface area contributed by atoms with Gasteiger partial charge in [0.1, 0.15) is 0 Å². The van der Waals surface area contributed by atoms with Gasteiger partial charge in [0.2, 0.25) is 0 Å². The molecule has 2 nitrogen and oxygen atoms in total. The highest BCUT2D eigenvalue weighted by atomic mass is 32.1. The number of hydrogen-bond acceptors (Lipinski definition) is 3. The third-order valence-corrected chi connectivity index (χ3v) is 5.44. The first-order valence-electron chi connectivity index (χ1n) is 7.68. The van der Waals surface area contributed by atoms with Crippen molar-refractivity contribution in [3.8, 4) is 0 Å². The number of hydrogen-bond donors (Lipinski definition) is 1. The van der Waals surface area contributed by atoms with Gasteiger partial charge in [-0.05, 0) is 67.6 Å². The van der Waals surface area contributed by atoms with E-state index in [1.165, 1.54) is 45.3 Å². The fraction of sp³-hybridized carbons (Fsp3) is 0.750. The van der Waals surface area contributed by atoms with E-state index in [2.05, 4.69) is 30.2 Å². The van der Waals surface area contributed by atoms with E-state index < -0.39 is 0 Å². The molecule has 0 bridgehead atoms. The van der Waals surface area contributed by atoms with Gasteiger partial charge in [0.05, 0.1) is 0 Å². The van der Waals surface area contributed by atoms with Gasteiger partial charge in [-0.25, -0.2) is 0 Å². The minimum Gasteiger partial charge on any atom is -0.330 e. The lowest BCUT2D eigenvalue weighted by atomic mass is 9.88. The van der Waals surface area contributed by atoms with Gasteiger partial charge in [0, 0.05) is 18.0 Å². The molecule has 1 aliphatic rings. The number of rotatable bonds is 7. The maximum atomic E-state index is 5.71. The molecule has 2 rings (SSSR count). The lowest BCUT2D eigenvalue weighted by Crippen LogP contribution is -2.31. The Morgan fingerprint density at radius 2 is 2.21 bits per heavy atom. The largest absolute Gasteiger partial charge is 0.330 e. The van der Waals surface area contributed by atoms with E-state index in [0.717, 1.165) is 18.4 Å². The molecule has 1 unspecified atom stereocenters. The van der Waals surface area contributed by atoms with Crippen LogP contribution < -0.4 is 5.73 Å². The Labute approximate surface area is 122 Å². The molecule has 0 saturated heterocycles. The van der Waals surface area contributed by atoms with Crippen LogP contribution in [0.4, 0.5) is 0 Å². The molecular formula is C16H28N2S. The highest BCUT2D eigenvalue weighted by Gasteiger charge is 2.18. The summed E-state index contributed by atoms with van der Waals surface area (Å²) in [4.78, 5) is 4.23. The number of fused-ring (bicyclic) bond motifs is 1. The number of nitrogens with zero attached hydrogens (tertiary/aromatic N) is 1. The standard InChI is InChI=1S/C16H28N2S/c1-13(2)14(5-8-17)4-3-9-18-10-6-16-15(12-18)7-11-19-16/h7,11,13-14H,3-6,8-10,12,17H2,1-2H3. The van der Waals surface area contributed by atoms with Crippen LogP contribution in [0.3, 0.4) is 0 Å². The maximum absolute atomic E-state index is 5.71. The van der Waals surface area contributed by atoms with Crippen LogP contribution in [0.5, 0.6) is 0 Å². The summed E-state index contributed by atoms with van der Waals surface area (Å²) in [5, 5.41) is 2.24. The van der Waals surface area contributed by atoms with Gasteiger partial charge in [-0.15, -0.1) is 11.3 Å². The van der Waals surface area contributed by atoms with Crippen molar-refractivity contribution in [2.45, 2.75) is 46.1 Å². The third kappa shape index (κ3) is 4.30. The molecule has 3 heteroatoms. The van der Waals surface area contributed by atoms with E-state index in [9.17, 15) is 0 Å². The molecule has 2 heterocycles. The zero-order valence-electron chi connectivity index (χ0n) is 12.4. The molecule has 1 atom stereocenters. The monoisotopic (exact) mass is 280 g/mol. The molecule has 2 N–H and O–H groups in total. The van der Waals surface area contributed by atoms with Crippen molar-refractivity contribution in [1.29, 1.82) is 0 Å². The molecule has 1 aromatic rings. The van der Waals surface area contributed by atoms with Crippen molar-refractivity contribution >= 4 is 11.3 Å². The Morgan fingerprint density at radius 1 is 1.37 bits per heavy atom. The molecule has 0 fully saturated rings. The summed E-state index contributed by atoms with van der Waals surface area (Å²) in [6.45, 7) is 9.17. The van der Waals surface area contributed by atoms with E-state index in [1.807, 2.05) is 11.3 Å². The van der Waals surface area contributed by atoms with Crippen molar-refractivity contribution in [2.75, 3.05) is 19.6 Å². The summed E-state index contributed by atoms with van der Waals surface area (Å²) in [7, 11) is 0. The van der Waals surface area contributed by atoms with Gasteiger partial charge in [-0.1, -0.05) is 13.8 Å². The Balaban J connectivity index is 1.72. The predicted molar refractivity (Wildman–Crippen MR) is 84.5 cm³/mol. The average molecular weight is 280 g/mol. The topological polar surface area (TPSA) is 29.3 Å². The molecule has 0 radical (unpaired) electrons. The van der Waals surface area contributed by atoms with Gasteiger partial charge >= 0.3 is 0 Å². The summed E-state index contributed by atoms with van der Waals surface area (Å²) >= 11 is 1.93. The van der Waals surface area contributed by atoms with Crippen LogP contribution >= 0.6 is 11.3 Å². The van der Waals surface area contributed by atoms with Crippen LogP contribution in [0.2, 0.25) is 0 Å². The number of thiophene rings is 1. The quantitative estimate of drug-likeness (QED) is 0.828. The maximum Gasteiger partial charge on any atom is 0.0244 e. The van der Waals surface area contributed by atoms with E-state index in [0.29, 0.717) is 0 Å². The predicted octanol–water partition coefficient (Wildman–Crippen LogP) is 3.51. The van der Waals surface area contributed by atoms with Crippen LogP contribution in [0.25, 0.3) is 0 Å². The first-order valence-corrected chi connectivity index (χ1v) is 8.56. The molecular weight excluding hydrogens is 252 g/mol. The first kappa shape index (κ1) is 15.0. The van der Waals surface area contributed by atoms with Gasteiger partial charge in [0.25, 0.3) is 0 Å². The molecule has 0 spiro atoms. The van der Waals surface area contributed by atoms with Gasteiger partial charge < -0.3 is 5.73 Å². The smallest absolute Gasteiger partial charge is 0.0244 e. The molecule has 1 aromatic heterocycles. The minimum atomic E-state index is 0.772. The molecule has 1 aliphatic heterocycles. The summed E-state index contributed by atoms with van der Waals surface area (Å²) in [5.74, 6) is 1.58. The van der Waals surface area contributed by atoms with Gasteiger partial charge in [0.15, 0.2) is 0 Å². The molecule has 19 heavy (non-hydrogen) atoms. The SMILES string of the molecule is CC(C)C(CCN)CCCN1CCc2sccc2C1. The van der Waals surface area contributed by atoms with Crippen molar-refractivity contribution in [2.24, 2.45) is 17.6 Å². The van der Waals surface area contributed by atoms with Crippen molar-refractivity contribution in [3.05, 3.63) is 21.9 Å². The van der Waals surface area contributed by atoms with Crippen LogP contribution in [0.15, 0.2) is 11.4 Å². The molecule has 0 amide bonds. The molecule has 0 saturated carbocycles. The lowest BCUT2D eigenvalue weighted by Gasteiger charge is -2.28. The van der Waals surface area contributed by atoms with E-state index in [4.69, 9.17) is 5.73 Å². The Morgan fingerprint density at radius 3 is 2.95 bits per heavy atom. The average Bonchev–Trinajstić information content (AvgIpc) is 2.85. The Bertz CT molecular complexity index is 373. The fourth-order valence-electron chi connectivity index (χ4n) is 3.10. The molecule has 108 valence electrons. The van der Waals surface area contributed by atoms with Crippen molar-refractivity contribution < 1.29 is 0 Å². The highest BCUT2D eigenvalue weighted by molar-refractivity contribution is 7.10. The Hall–Kier alpha value is -0.380. The summed E-state index contributed by atoms with van der Waals surface area (Å²) in [5.41, 5.74) is 7.28. The van der Waals surface area contributed by atoms with Crippen molar-refractivity contribution in [3.63, 3.8) is 0 Å². The van der Waals surface area contributed by atoms with E-state index in [1.54, 1.807) is 10.4 Å². The normalized spacial score (nSPS) is 17.7. The second-order valence-corrected chi connectivity index (χ2v) is 7.12. The molecule has 0 aliphatic carbocycles. The van der Waals surface area contributed by atoms with Crippen LogP contribution in [-0.4, -0.2) is 24.5 Å². The summed E-state index contributed by atoms with van der Waals surface area (Å²) in [6.07, 6.45) is 5.10. The van der Waals surface area contributed by atoms with Crippen LogP contribution in [0.1, 0.15) is 43.6 Å². The minimum absolute atomic E-state index is 0.772. The summed E-state index contributed by atoms with van der Waals surface area (Å²) in [6, 6.07) is 2.30. The highest BCUT2D eigenvalue weighted by Crippen LogP contribution is 2.25. The van der Waals surface area contributed by atoms with E-state index >= 15 is 0 Å². The van der Waals surface area contributed by atoms with Crippen LogP contribution in [0, 0.1) is 11.8 Å². The van der Waals surface area contributed by atoms with Crippen LogP contribution in [-0.2, 0) is 13.0 Å². The zero-order chi connectivity index (χ0) is 13.7. The third-order valence-electron chi connectivity index (χ3n) is 4.42. The van der Waals surface area contributed by atoms with Crippen molar-refractivity contribution in [1.82, 2.24) is 4.90 Å². The first-order chi connectivity index (χ1) is 9.20. The zero-order valence-corrected chi connectivity index (χ0v) is 13.2. The Kier molecular flexibility index (Phi) is 5.86. The lowest BCUT2D eigenvalue weighted by molar-refractivity contribution is 0.233. The van der Waals surface area contributed by atoms with Gasteiger partial charge in [-0.2, -0.15) is 0 Å². The van der Waals surface area contributed by atoms with E-state index in [-0.39, 0.29) is 0 Å². The fourth-order valence-corrected chi connectivity index (χ4v) is 3.99.